The number of aromatic nitrogens is 2. The molecule has 2 aromatic rings. The summed E-state index contributed by atoms with van der Waals surface area (Å²) in [5.74, 6) is 0.537. The normalized spacial score (nSPS) is 22.1. The molecule has 2 saturated heterocycles. The number of halogens is 1. The Balaban J connectivity index is 1.61. The molecular weight excluding hydrogens is 502 g/mol. The first-order chi connectivity index (χ1) is 16.4. The molecule has 1 aromatic heterocycles. The third-order valence-corrected chi connectivity index (χ3v) is 7.11. The highest BCUT2D eigenvalue weighted by atomic mass is 79.9. The molecule has 0 saturated carbocycles. The number of aromatic amines is 1. The van der Waals surface area contributed by atoms with E-state index in [-0.39, 0.29) is 23.9 Å². The van der Waals surface area contributed by atoms with Crippen LogP contribution in [0, 0.1) is 5.92 Å². The molecule has 0 bridgehead atoms. The van der Waals surface area contributed by atoms with Gasteiger partial charge < -0.3 is 24.7 Å². The highest BCUT2D eigenvalue weighted by Gasteiger charge is 2.43. The van der Waals surface area contributed by atoms with Crippen LogP contribution in [0.4, 0.5) is 4.79 Å². The van der Waals surface area contributed by atoms with E-state index in [4.69, 9.17) is 9.47 Å². The number of alkyl carbamates (subject to hydrolysis) is 1. The molecule has 2 N–H and O–H groups in total. The zero-order chi connectivity index (χ0) is 24.2. The van der Waals surface area contributed by atoms with Crippen molar-refractivity contribution in [2.45, 2.75) is 38.4 Å². The molecule has 2 amide bonds. The third kappa shape index (κ3) is 5.45. The van der Waals surface area contributed by atoms with Crippen molar-refractivity contribution in [3.8, 4) is 11.3 Å². The van der Waals surface area contributed by atoms with Crippen molar-refractivity contribution in [3.05, 3.63) is 40.8 Å². The average Bonchev–Trinajstić information content (AvgIpc) is 3.50. The summed E-state index contributed by atoms with van der Waals surface area (Å²) in [6, 6.07) is 7.31. The number of hydrogen-bond donors (Lipinski definition) is 2. The first-order valence-corrected chi connectivity index (χ1v) is 12.4. The Hall–Kier alpha value is -2.43. The van der Waals surface area contributed by atoms with Gasteiger partial charge in [-0.15, -0.1) is 0 Å². The molecule has 1 aromatic carbocycles. The highest BCUT2D eigenvalue weighted by molar-refractivity contribution is 9.10. The van der Waals surface area contributed by atoms with Gasteiger partial charge in [0.1, 0.15) is 11.9 Å². The van der Waals surface area contributed by atoms with Crippen molar-refractivity contribution in [1.82, 2.24) is 25.1 Å². The van der Waals surface area contributed by atoms with E-state index >= 15 is 0 Å². The second-order valence-corrected chi connectivity index (χ2v) is 10.0. The number of rotatable bonds is 6. The van der Waals surface area contributed by atoms with Gasteiger partial charge in [0, 0.05) is 30.1 Å². The van der Waals surface area contributed by atoms with Crippen molar-refractivity contribution in [1.29, 1.82) is 0 Å². The van der Waals surface area contributed by atoms with Gasteiger partial charge in [-0.3, -0.25) is 9.69 Å². The highest BCUT2D eigenvalue weighted by Crippen LogP contribution is 2.35. The smallest absolute Gasteiger partial charge is 0.407 e. The van der Waals surface area contributed by atoms with Gasteiger partial charge in [-0.05, 0) is 30.0 Å². The maximum Gasteiger partial charge on any atom is 0.407 e. The number of ether oxygens (including phenoxy) is 2. The van der Waals surface area contributed by atoms with Crippen LogP contribution in [0.1, 0.15) is 32.1 Å². The fraction of sp³-hybridized carbons (Fsp3) is 0.542. The lowest BCUT2D eigenvalue weighted by atomic mass is 10.0. The number of nitrogens with one attached hydrogen (secondary N) is 2. The number of morpholine rings is 1. The van der Waals surface area contributed by atoms with Gasteiger partial charge in [-0.1, -0.05) is 41.9 Å². The predicted octanol–water partition coefficient (Wildman–Crippen LogP) is 3.19. The molecular formula is C24H32BrN5O4. The van der Waals surface area contributed by atoms with E-state index in [9.17, 15) is 9.59 Å². The van der Waals surface area contributed by atoms with E-state index < -0.39 is 12.1 Å². The van der Waals surface area contributed by atoms with Gasteiger partial charge in [-0.25, -0.2) is 9.78 Å². The van der Waals surface area contributed by atoms with Crippen LogP contribution in [0.15, 0.2) is 34.9 Å². The van der Waals surface area contributed by atoms with Crippen LogP contribution in [0.2, 0.25) is 0 Å². The Morgan fingerprint density at radius 3 is 2.59 bits per heavy atom. The Kier molecular flexibility index (Phi) is 7.90. The number of H-pyrrole nitrogens is 1. The molecule has 9 nitrogen and oxygen atoms in total. The average molecular weight is 534 g/mol. The van der Waals surface area contributed by atoms with E-state index in [2.05, 4.69) is 36.1 Å². The third-order valence-electron chi connectivity index (χ3n) is 6.58. The molecule has 3 unspecified atom stereocenters. The summed E-state index contributed by atoms with van der Waals surface area (Å²) in [6.45, 7) is 7.49. The van der Waals surface area contributed by atoms with Gasteiger partial charge in [0.15, 0.2) is 0 Å². The molecule has 2 fully saturated rings. The van der Waals surface area contributed by atoms with Crippen molar-refractivity contribution < 1.29 is 19.1 Å². The lowest BCUT2D eigenvalue weighted by molar-refractivity contribution is -0.135. The molecule has 0 spiro atoms. The Labute approximate surface area is 208 Å². The van der Waals surface area contributed by atoms with Crippen LogP contribution in [-0.4, -0.2) is 83.8 Å². The zero-order valence-electron chi connectivity index (χ0n) is 19.8. The number of benzene rings is 1. The number of methoxy groups -OCH3 is 1. The minimum absolute atomic E-state index is 0.0929. The van der Waals surface area contributed by atoms with Crippen LogP contribution < -0.4 is 5.32 Å². The summed E-state index contributed by atoms with van der Waals surface area (Å²) in [5.41, 5.74) is 1.92. The summed E-state index contributed by atoms with van der Waals surface area (Å²) in [5, 5.41) is 2.72. The van der Waals surface area contributed by atoms with E-state index in [1.54, 1.807) is 0 Å². The van der Waals surface area contributed by atoms with Crippen LogP contribution in [0.3, 0.4) is 0 Å². The van der Waals surface area contributed by atoms with E-state index in [0.717, 1.165) is 41.1 Å². The molecule has 34 heavy (non-hydrogen) atoms. The standard InChI is InChI=1S/C24H32BrN5O4/c1-15(2)21(28-24(32)33-3)23(31)30-14-18(29-8-10-34-11-9-29)12-20(30)22-26-13-19(27-22)16-4-6-17(25)7-5-16/h4-7,13,15,18,20-21H,8-12,14H2,1-3H3,(H,26,27)(H,28,32). The molecule has 0 radical (unpaired) electrons. The van der Waals surface area contributed by atoms with Gasteiger partial charge in [0.25, 0.3) is 0 Å². The summed E-state index contributed by atoms with van der Waals surface area (Å²) in [7, 11) is 1.30. The first kappa shape index (κ1) is 24.7. The molecule has 2 aliphatic rings. The van der Waals surface area contributed by atoms with Gasteiger partial charge in [0.05, 0.1) is 38.3 Å². The van der Waals surface area contributed by atoms with Crippen molar-refractivity contribution >= 4 is 27.9 Å². The molecule has 4 rings (SSSR count). The molecule has 0 aliphatic carbocycles. The second kappa shape index (κ2) is 10.9. The number of amides is 2. The maximum absolute atomic E-state index is 13.7. The quantitative estimate of drug-likeness (QED) is 0.591. The van der Waals surface area contributed by atoms with Gasteiger partial charge in [-0.2, -0.15) is 0 Å². The molecule has 3 heterocycles. The predicted molar refractivity (Wildman–Crippen MR) is 131 cm³/mol. The Morgan fingerprint density at radius 2 is 1.94 bits per heavy atom. The minimum Gasteiger partial charge on any atom is -0.453 e. The Morgan fingerprint density at radius 1 is 1.24 bits per heavy atom. The fourth-order valence-electron chi connectivity index (χ4n) is 4.68. The summed E-state index contributed by atoms with van der Waals surface area (Å²) in [4.78, 5) is 38.0. The van der Waals surface area contributed by atoms with E-state index in [1.807, 2.05) is 49.2 Å². The molecule has 184 valence electrons. The number of carbonyl (C=O) groups is 2. The number of carbonyl (C=O) groups excluding carboxylic acids is 2. The fourth-order valence-corrected chi connectivity index (χ4v) is 4.95. The van der Waals surface area contributed by atoms with E-state index in [1.165, 1.54) is 7.11 Å². The Bertz CT molecular complexity index is 990. The minimum atomic E-state index is -0.681. The van der Waals surface area contributed by atoms with Crippen LogP contribution in [-0.2, 0) is 14.3 Å². The number of likely N-dealkylation sites (tertiary alicyclic amines) is 1. The maximum atomic E-state index is 13.7. The number of imidazole rings is 1. The van der Waals surface area contributed by atoms with Gasteiger partial charge in [0.2, 0.25) is 5.91 Å². The topological polar surface area (TPSA) is 99.8 Å². The van der Waals surface area contributed by atoms with Crippen molar-refractivity contribution in [2.24, 2.45) is 5.92 Å². The monoisotopic (exact) mass is 533 g/mol. The zero-order valence-corrected chi connectivity index (χ0v) is 21.4. The molecule has 10 heteroatoms. The van der Waals surface area contributed by atoms with E-state index in [0.29, 0.717) is 19.8 Å². The first-order valence-electron chi connectivity index (χ1n) is 11.6. The summed E-state index contributed by atoms with van der Waals surface area (Å²) < 4.78 is 11.3. The summed E-state index contributed by atoms with van der Waals surface area (Å²) >= 11 is 3.47. The lowest BCUT2D eigenvalue weighted by Crippen LogP contribution is -2.52. The second-order valence-electron chi connectivity index (χ2n) is 9.09. The van der Waals surface area contributed by atoms with Crippen molar-refractivity contribution in [3.63, 3.8) is 0 Å². The summed E-state index contributed by atoms with van der Waals surface area (Å²) in [6.07, 6.45) is 1.97. The van der Waals surface area contributed by atoms with Crippen molar-refractivity contribution in [2.75, 3.05) is 40.0 Å². The van der Waals surface area contributed by atoms with Crippen LogP contribution >= 0.6 is 15.9 Å². The van der Waals surface area contributed by atoms with Crippen LogP contribution in [0.5, 0.6) is 0 Å². The largest absolute Gasteiger partial charge is 0.453 e. The number of nitrogens with zero attached hydrogens (tertiary/aromatic N) is 3. The SMILES string of the molecule is COC(=O)NC(C(=O)N1CC(N2CCOCC2)CC1c1ncc(-c2ccc(Br)cc2)[nH]1)C(C)C. The lowest BCUT2D eigenvalue weighted by Gasteiger charge is -2.32. The van der Waals surface area contributed by atoms with Gasteiger partial charge >= 0.3 is 6.09 Å². The van der Waals surface area contributed by atoms with Crippen LogP contribution in [0.25, 0.3) is 11.3 Å². The molecule has 2 aliphatic heterocycles. The molecule has 3 atom stereocenters. The number of hydrogen-bond acceptors (Lipinski definition) is 6.